The van der Waals surface area contributed by atoms with Gasteiger partial charge in [-0.2, -0.15) is 0 Å². The van der Waals surface area contributed by atoms with Crippen molar-refractivity contribution in [1.82, 2.24) is 19.9 Å². The number of pyridine rings is 1. The molecule has 1 saturated heterocycles. The number of aryl methyl sites for hydroxylation is 2. The van der Waals surface area contributed by atoms with Crippen LogP contribution in [0.4, 0.5) is 18.9 Å². The number of fused-ring (bicyclic) bond motifs is 1. The number of carbonyl (C=O) groups is 2. The highest BCUT2D eigenvalue weighted by molar-refractivity contribution is 5.99. The predicted octanol–water partition coefficient (Wildman–Crippen LogP) is 5.07. The van der Waals surface area contributed by atoms with Gasteiger partial charge in [-0.1, -0.05) is 31.5 Å². The molecule has 2 aromatic carbocycles. The third-order valence-electron chi connectivity index (χ3n) is 7.96. The van der Waals surface area contributed by atoms with Gasteiger partial charge in [0.15, 0.2) is 0 Å². The minimum absolute atomic E-state index is 0.0417. The standard InChI is InChI=1S/C30H30FN5O5.C4H8F2/c1-17-13-20(36-9-11-41-12-10-36)15-24(31)26(17)28(37)34-25(30(39)40)14-19-6-7-22(27-21(19)5-4-8-32-27)23-16-33-18(2)35(3)29(23)38;1-2-3-4(5)6/h4-8,13,15-16,25H,9-12,14H2,1-3H3,(H,34,37)(H,39,40);4H,2-3H2,1H3/t25-;/m0./s1. The van der Waals surface area contributed by atoms with Crippen LogP contribution in [0.1, 0.15) is 47.1 Å². The van der Waals surface area contributed by atoms with Gasteiger partial charge in [0, 0.05) is 62.0 Å². The molecule has 1 aliphatic heterocycles. The molecule has 47 heavy (non-hydrogen) atoms. The zero-order valence-electron chi connectivity index (χ0n) is 26.7. The summed E-state index contributed by atoms with van der Waals surface area (Å²) in [6.07, 6.45) is 1.53. The SMILES string of the molecule is CCCC(F)F.Cc1cc(N2CCOCC2)cc(F)c1C(=O)N[C@@H](Cc1ccc(-c2cnc(C)n(C)c2=O)c2ncccc12)C(=O)O. The maximum absolute atomic E-state index is 15.2. The van der Waals surface area contributed by atoms with Gasteiger partial charge >= 0.3 is 5.97 Å². The lowest BCUT2D eigenvalue weighted by Gasteiger charge is -2.29. The number of hydrogen-bond acceptors (Lipinski definition) is 7. The van der Waals surface area contributed by atoms with E-state index in [2.05, 4.69) is 15.3 Å². The monoisotopic (exact) mass is 653 g/mol. The number of ether oxygens (including phenoxy) is 1. The topological polar surface area (TPSA) is 127 Å². The van der Waals surface area contributed by atoms with Crippen LogP contribution >= 0.6 is 0 Å². The van der Waals surface area contributed by atoms with Crippen molar-refractivity contribution in [3.05, 3.63) is 87.5 Å². The molecule has 0 saturated carbocycles. The van der Waals surface area contributed by atoms with E-state index in [1.165, 1.54) is 16.8 Å². The van der Waals surface area contributed by atoms with Crippen molar-refractivity contribution in [3.63, 3.8) is 0 Å². The number of carboxylic acids is 1. The molecule has 2 aromatic heterocycles. The van der Waals surface area contributed by atoms with E-state index in [1.54, 1.807) is 64.3 Å². The van der Waals surface area contributed by atoms with E-state index < -0.39 is 30.2 Å². The van der Waals surface area contributed by atoms with Crippen molar-refractivity contribution >= 4 is 28.5 Å². The number of rotatable bonds is 9. The highest BCUT2D eigenvalue weighted by Gasteiger charge is 2.26. The second-order valence-electron chi connectivity index (χ2n) is 11.2. The molecule has 0 radical (unpaired) electrons. The van der Waals surface area contributed by atoms with Crippen LogP contribution in [0.25, 0.3) is 22.0 Å². The number of carboxylic acid groups (broad SMARTS) is 1. The fraction of sp³-hybridized carbons (Fsp3) is 0.382. The highest BCUT2D eigenvalue weighted by atomic mass is 19.3. The number of morpholine rings is 1. The maximum atomic E-state index is 15.2. The summed E-state index contributed by atoms with van der Waals surface area (Å²) in [6, 6.07) is 8.58. The van der Waals surface area contributed by atoms with E-state index in [0.29, 0.717) is 77.4 Å². The van der Waals surface area contributed by atoms with Gasteiger partial charge in [0.05, 0.1) is 29.9 Å². The smallest absolute Gasteiger partial charge is 0.326 e. The molecule has 3 heterocycles. The molecule has 0 spiro atoms. The van der Waals surface area contributed by atoms with Gasteiger partial charge in [-0.25, -0.2) is 22.9 Å². The number of hydrogen-bond donors (Lipinski definition) is 2. The van der Waals surface area contributed by atoms with Crippen LogP contribution in [-0.4, -0.2) is 70.3 Å². The molecular formula is C34H38F3N5O5. The van der Waals surface area contributed by atoms with Crippen molar-refractivity contribution < 1.29 is 32.6 Å². The number of alkyl halides is 2. The third-order valence-corrected chi connectivity index (χ3v) is 7.96. The first-order valence-corrected chi connectivity index (χ1v) is 15.3. The maximum Gasteiger partial charge on any atom is 0.326 e. The van der Waals surface area contributed by atoms with Crippen molar-refractivity contribution in [2.24, 2.45) is 7.05 Å². The minimum atomic E-state index is -2.10. The Morgan fingerprint density at radius 3 is 2.43 bits per heavy atom. The molecule has 0 bridgehead atoms. The van der Waals surface area contributed by atoms with Gasteiger partial charge in [0.25, 0.3) is 11.5 Å². The van der Waals surface area contributed by atoms with Gasteiger partial charge in [-0.05, 0) is 43.2 Å². The van der Waals surface area contributed by atoms with Crippen LogP contribution in [-0.2, 0) is 23.0 Å². The Kier molecular flexibility index (Phi) is 11.7. The summed E-state index contributed by atoms with van der Waals surface area (Å²) in [7, 11) is 1.64. The number of aromatic nitrogens is 3. The van der Waals surface area contributed by atoms with Crippen molar-refractivity contribution in [3.8, 4) is 11.1 Å². The Morgan fingerprint density at radius 2 is 1.81 bits per heavy atom. The summed E-state index contributed by atoms with van der Waals surface area (Å²) in [5.74, 6) is -2.23. The summed E-state index contributed by atoms with van der Waals surface area (Å²) in [6.45, 7) is 7.40. The lowest BCUT2D eigenvalue weighted by atomic mass is 9.95. The number of amides is 1. The fourth-order valence-electron chi connectivity index (χ4n) is 5.33. The number of nitrogens with one attached hydrogen (secondary N) is 1. The van der Waals surface area contributed by atoms with E-state index in [1.807, 2.05) is 4.90 Å². The first kappa shape index (κ1) is 35.1. The predicted molar refractivity (Wildman–Crippen MR) is 173 cm³/mol. The molecule has 0 unspecified atom stereocenters. The van der Waals surface area contributed by atoms with Crippen LogP contribution in [0, 0.1) is 19.7 Å². The second kappa shape index (κ2) is 15.7. The van der Waals surface area contributed by atoms with Crippen LogP contribution < -0.4 is 15.8 Å². The molecule has 4 aromatic rings. The summed E-state index contributed by atoms with van der Waals surface area (Å²) in [4.78, 5) is 49.1. The number of nitrogens with zero attached hydrogens (tertiary/aromatic N) is 4. The molecule has 13 heteroatoms. The molecule has 10 nitrogen and oxygen atoms in total. The summed E-state index contributed by atoms with van der Waals surface area (Å²) >= 11 is 0. The van der Waals surface area contributed by atoms with Crippen LogP contribution in [0.15, 0.2) is 53.6 Å². The highest BCUT2D eigenvalue weighted by Crippen LogP contribution is 2.29. The quantitative estimate of drug-likeness (QED) is 0.257. The molecule has 1 atom stereocenters. The Labute approximate surface area is 270 Å². The average molecular weight is 654 g/mol. The Morgan fingerprint density at radius 1 is 1.09 bits per heavy atom. The molecule has 1 fully saturated rings. The first-order valence-electron chi connectivity index (χ1n) is 15.3. The lowest BCUT2D eigenvalue weighted by molar-refractivity contribution is -0.139. The fourth-order valence-corrected chi connectivity index (χ4v) is 5.33. The van der Waals surface area contributed by atoms with Gasteiger partial charge in [-0.15, -0.1) is 0 Å². The van der Waals surface area contributed by atoms with Crippen LogP contribution in [0.2, 0.25) is 0 Å². The van der Waals surface area contributed by atoms with Crippen molar-refractivity contribution in [2.45, 2.75) is 52.5 Å². The Hall–Kier alpha value is -4.78. The summed E-state index contributed by atoms with van der Waals surface area (Å²) in [5, 5.41) is 13.1. The number of carbonyl (C=O) groups excluding carboxylic acids is 1. The van der Waals surface area contributed by atoms with Gasteiger partial charge in [-0.3, -0.25) is 19.1 Å². The molecule has 1 aliphatic rings. The molecule has 5 rings (SSSR count). The van der Waals surface area contributed by atoms with E-state index in [9.17, 15) is 28.3 Å². The van der Waals surface area contributed by atoms with Crippen LogP contribution in [0.3, 0.4) is 0 Å². The summed E-state index contributed by atoms with van der Waals surface area (Å²) < 4.78 is 44.1. The van der Waals surface area contributed by atoms with E-state index in [0.717, 1.165) is 0 Å². The number of benzene rings is 2. The Bertz CT molecular complexity index is 1780. The third kappa shape index (κ3) is 8.33. The lowest BCUT2D eigenvalue weighted by Crippen LogP contribution is -2.43. The number of anilines is 1. The van der Waals surface area contributed by atoms with Crippen molar-refractivity contribution in [1.29, 1.82) is 0 Å². The minimum Gasteiger partial charge on any atom is -0.480 e. The van der Waals surface area contributed by atoms with E-state index >= 15 is 4.39 Å². The second-order valence-corrected chi connectivity index (χ2v) is 11.2. The van der Waals surface area contributed by atoms with E-state index in [4.69, 9.17) is 4.74 Å². The zero-order valence-corrected chi connectivity index (χ0v) is 26.7. The first-order chi connectivity index (χ1) is 22.4. The number of halogens is 3. The molecule has 2 N–H and O–H groups in total. The largest absolute Gasteiger partial charge is 0.480 e. The molecule has 1 amide bonds. The van der Waals surface area contributed by atoms with Gasteiger partial charge in [0.2, 0.25) is 6.43 Å². The van der Waals surface area contributed by atoms with E-state index in [-0.39, 0.29) is 24.0 Å². The molecule has 250 valence electrons. The van der Waals surface area contributed by atoms with Gasteiger partial charge < -0.3 is 20.1 Å². The van der Waals surface area contributed by atoms with Crippen molar-refractivity contribution in [2.75, 3.05) is 31.2 Å². The molecular weight excluding hydrogens is 615 g/mol. The average Bonchev–Trinajstić information content (AvgIpc) is 3.04. The molecule has 0 aliphatic carbocycles. The zero-order chi connectivity index (χ0) is 34.2. The Balaban J connectivity index is 0.000000762. The normalized spacial score (nSPS) is 13.7. The number of aliphatic carboxylic acids is 1. The van der Waals surface area contributed by atoms with Gasteiger partial charge in [0.1, 0.15) is 17.7 Å². The summed E-state index contributed by atoms with van der Waals surface area (Å²) in [5.41, 5.74) is 2.65. The van der Waals surface area contributed by atoms with Crippen LogP contribution in [0.5, 0.6) is 0 Å².